The quantitative estimate of drug-likeness (QED) is 0.509. The van der Waals surface area contributed by atoms with E-state index in [0.717, 1.165) is 12.3 Å². The summed E-state index contributed by atoms with van der Waals surface area (Å²) in [5.74, 6) is 0.863. The Morgan fingerprint density at radius 3 is 2.71 bits per heavy atom. The molecular weight excluding hydrogens is 90.1 g/mol. The van der Waals surface area contributed by atoms with E-state index in [-0.39, 0.29) is 6.23 Å². The zero-order chi connectivity index (χ0) is 5.28. The van der Waals surface area contributed by atoms with Crippen molar-refractivity contribution in [3.05, 3.63) is 12.3 Å². The third kappa shape index (κ3) is 0.933. The molecule has 0 aliphatic carbocycles. The monoisotopic (exact) mass is 99.1 g/mol. The average molecular weight is 99.1 g/mol. The molecule has 1 atom stereocenters. The lowest BCUT2D eigenvalue weighted by Crippen LogP contribution is -2.15. The van der Waals surface area contributed by atoms with Gasteiger partial charge < -0.3 is 4.74 Å². The minimum Gasteiger partial charge on any atom is -0.467 e. The van der Waals surface area contributed by atoms with Crippen LogP contribution in [-0.2, 0) is 4.74 Å². The predicted octanol–water partition coefficient (Wildman–Crippen LogP) is 0.466. The Kier molecular flexibility index (Phi) is 1.02. The molecule has 0 aromatic heterocycles. The lowest BCUT2D eigenvalue weighted by atomic mass is 10.6. The summed E-state index contributed by atoms with van der Waals surface area (Å²) >= 11 is 0. The van der Waals surface area contributed by atoms with Gasteiger partial charge >= 0.3 is 0 Å². The Bertz CT molecular complexity index is 90.1. The van der Waals surface area contributed by atoms with Crippen molar-refractivity contribution in [2.24, 2.45) is 0 Å². The second kappa shape index (κ2) is 1.54. The standard InChI is InChI=1S/C5H9NO/c1-3-6-5-4(2)7-5/h5-6H,2-3H2,1H3. The number of rotatable bonds is 2. The van der Waals surface area contributed by atoms with Gasteiger partial charge in [0.15, 0.2) is 0 Å². The van der Waals surface area contributed by atoms with E-state index in [2.05, 4.69) is 11.9 Å². The third-order valence-electron chi connectivity index (χ3n) is 0.894. The summed E-state index contributed by atoms with van der Waals surface area (Å²) in [6, 6.07) is 0. The van der Waals surface area contributed by atoms with E-state index in [1.54, 1.807) is 0 Å². The molecule has 40 valence electrons. The molecule has 0 aromatic carbocycles. The molecule has 0 aromatic rings. The van der Waals surface area contributed by atoms with E-state index < -0.39 is 0 Å². The van der Waals surface area contributed by atoms with Gasteiger partial charge in [0.1, 0.15) is 5.76 Å². The molecule has 2 heteroatoms. The molecule has 1 saturated heterocycles. The van der Waals surface area contributed by atoms with Crippen molar-refractivity contribution in [2.45, 2.75) is 13.2 Å². The van der Waals surface area contributed by atoms with Crippen LogP contribution in [0.4, 0.5) is 0 Å². The normalized spacial score (nSPS) is 27.0. The Morgan fingerprint density at radius 1 is 2.00 bits per heavy atom. The molecule has 2 nitrogen and oxygen atoms in total. The summed E-state index contributed by atoms with van der Waals surface area (Å²) in [4.78, 5) is 0. The Hall–Kier alpha value is -0.500. The van der Waals surface area contributed by atoms with Gasteiger partial charge in [0.05, 0.1) is 0 Å². The van der Waals surface area contributed by atoms with Crippen molar-refractivity contribution in [3.63, 3.8) is 0 Å². The molecule has 1 N–H and O–H groups in total. The molecule has 1 heterocycles. The van der Waals surface area contributed by atoms with E-state index in [1.807, 2.05) is 6.92 Å². The molecule has 1 rings (SSSR count). The number of nitrogens with one attached hydrogen (secondary N) is 1. The molecule has 1 unspecified atom stereocenters. The maximum atomic E-state index is 4.85. The highest BCUT2D eigenvalue weighted by molar-refractivity contribution is 5.05. The fourth-order valence-corrected chi connectivity index (χ4v) is 0.458. The Morgan fingerprint density at radius 2 is 2.57 bits per heavy atom. The number of likely N-dealkylation sites (N-methyl/N-ethyl adjacent to an activating group) is 1. The molecule has 0 radical (unpaired) electrons. The van der Waals surface area contributed by atoms with Gasteiger partial charge in [-0.3, -0.25) is 5.32 Å². The van der Waals surface area contributed by atoms with Crippen LogP contribution >= 0.6 is 0 Å². The molecule has 0 bridgehead atoms. The van der Waals surface area contributed by atoms with E-state index in [4.69, 9.17) is 4.74 Å². The van der Waals surface area contributed by atoms with Crippen molar-refractivity contribution in [1.82, 2.24) is 5.32 Å². The highest BCUT2D eigenvalue weighted by atomic mass is 16.6. The van der Waals surface area contributed by atoms with Crippen LogP contribution in [0.25, 0.3) is 0 Å². The number of ether oxygens (including phenoxy) is 1. The molecule has 7 heavy (non-hydrogen) atoms. The van der Waals surface area contributed by atoms with Crippen molar-refractivity contribution in [1.29, 1.82) is 0 Å². The topological polar surface area (TPSA) is 24.6 Å². The summed E-state index contributed by atoms with van der Waals surface area (Å²) in [6.45, 7) is 6.57. The van der Waals surface area contributed by atoms with Gasteiger partial charge in [-0.15, -0.1) is 0 Å². The maximum absolute atomic E-state index is 4.85. The van der Waals surface area contributed by atoms with Gasteiger partial charge in [-0.05, 0) is 6.54 Å². The maximum Gasteiger partial charge on any atom is 0.207 e. The fourth-order valence-electron chi connectivity index (χ4n) is 0.458. The van der Waals surface area contributed by atoms with Gasteiger partial charge in [0.25, 0.3) is 0 Å². The van der Waals surface area contributed by atoms with E-state index >= 15 is 0 Å². The van der Waals surface area contributed by atoms with Crippen molar-refractivity contribution in [2.75, 3.05) is 6.54 Å². The average Bonchev–Trinajstić information content (AvgIpc) is 2.22. The lowest BCUT2D eigenvalue weighted by Gasteiger charge is -1.85. The number of hydrogen-bond donors (Lipinski definition) is 1. The largest absolute Gasteiger partial charge is 0.467 e. The first kappa shape index (κ1) is 4.65. The summed E-state index contributed by atoms with van der Waals surface area (Å²) in [7, 11) is 0. The van der Waals surface area contributed by atoms with Gasteiger partial charge in [0.2, 0.25) is 6.23 Å². The lowest BCUT2D eigenvalue weighted by molar-refractivity contribution is 0.386. The van der Waals surface area contributed by atoms with Crippen LogP contribution in [0.3, 0.4) is 0 Å². The van der Waals surface area contributed by atoms with Crippen LogP contribution in [0.2, 0.25) is 0 Å². The van der Waals surface area contributed by atoms with Crippen LogP contribution in [-0.4, -0.2) is 12.8 Å². The highest BCUT2D eigenvalue weighted by Crippen LogP contribution is 2.20. The van der Waals surface area contributed by atoms with Crippen LogP contribution in [0.1, 0.15) is 6.92 Å². The first-order chi connectivity index (χ1) is 3.34. The second-order valence-corrected chi connectivity index (χ2v) is 1.52. The molecule has 0 saturated carbocycles. The van der Waals surface area contributed by atoms with E-state index in [0.29, 0.717) is 0 Å². The molecule has 0 spiro atoms. The van der Waals surface area contributed by atoms with Gasteiger partial charge in [-0.25, -0.2) is 0 Å². The van der Waals surface area contributed by atoms with E-state index in [1.165, 1.54) is 0 Å². The van der Waals surface area contributed by atoms with Crippen molar-refractivity contribution >= 4 is 0 Å². The third-order valence-corrected chi connectivity index (χ3v) is 0.894. The number of hydrogen-bond acceptors (Lipinski definition) is 2. The van der Waals surface area contributed by atoms with Crippen LogP contribution in [0.5, 0.6) is 0 Å². The minimum atomic E-state index is 0.171. The van der Waals surface area contributed by atoms with Crippen molar-refractivity contribution < 1.29 is 4.74 Å². The Balaban J connectivity index is 2.09. The Labute approximate surface area is 43.2 Å². The summed E-state index contributed by atoms with van der Waals surface area (Å²) in [6.07, 6.45) is 0.171. The first-order valence-corrected chi connectivity index (χ1v) is 2.43. The molecule has 1 aliphatic rings. The summed E-state index contributed by atoms with van der Waals surface area (Å²) in [5, 5.41) is 3.05. The SMILES string of the molecule is C=C1OC1NCC. The molecular formula is C5H9NO. The fraction of sp³-hybridized carbons (Fsp3) is 0.600. The predicted molar refractivity (Wildman–Crippen MR) is 27.7 cm³/mol. The molecule has 0 amide bonds. The van der Waals surface area contributed by atoms with Crippen LogP contribution in [0, 0.1) is 0 Å². The molecule has 1 aliphatic heterocycles. The van der Waals surface area contributed by atoms with Crippen molar-refractivity contribution in [3.8, 4) is 0 Å². The van der Waals surface area contributed by atoms with Crippen LogP contribution in [0.15, 0.2) is 12.3 Å². The van der Waals surface area contributed by atoms with Gasteiger partial charge in [0, 0.05) is 0 Å². The highest BCUT2D eigenvalue weighted by Gasteiger charge is 2.28. The van der Waals surface area contributed by atoms with Gasteiger partial charge in [-0.2, -0.15) is 0 Å². The van der Waals surface area contributed by atoms with E-state index in [9.17, 15) is 0 Å². The summed E-state index contributed by atoms with van der Waals surface area (Å²) in [5.41, 5.74) is 0. The smallest absolute Gasteiger partial charge is 0.207 e. The zero-order valence-electron chi connectivity index (χ0n) is 4.40. The van der Waals surface area contributed by atoms with Crippen LogP contribution < -0.4 is 5.32 Å². The summed E-state index contributed by atoms with van der Waals surface area (Å²) < 4.78 is 4.85. The molecule has 1 fully saturated rings. The number of epoxide rings is 1. The minimum absolute atomic E-state index is 0.171. The zero-order valence-corrected chi connectivity index (χ0v) is 4.40. The first-order valence-electron chi connectivity index (χ1n) is 2.43. The second-order valence-electron chi connectivity index (χ2n) is 1.52. The van der Waals surface area contributed by atoms with Gasteiger partial charge in [-0.1, -0.05) is 13.5 Å².